The van der Waals surface area contributed by atoms with E-state index in [1.54, 1.807) is 11.6 Å². The number of rotatable bonds is 3. The van der Waals surface area contributed by atoms with Crippen LogP contribution < -0.4 is 5.32 Å². The zero-order valence-corrected chi connectivity index (χ0v) is 11.7. The number of thiazole rings is 1. The summed E-state index contributed by atoms with van der Waals surface area (Å²) in [5, 5.41) is 11.5. The minimum absolute atomic E-state index is 0.220. The van der Waals surface area contributed by atoms with Crippen molar-refractivity contribution in [1.82, 2.24) is 15.3 Å². The Kier molecular flexibility index (Phi) is 4.82. The number of carbonyl (C=O) groups excluding carboxylic acids is 1. The Bertz CT molecular complexity index is 670. The summed E-state index contributed by atoms with van der Waals surface area (Å²) in [6.45, 7) is 2.09. The van der Waals surface area contributed by atoms with E-state index in [0.29, 0.717) is 17.7 Å². The molecule has 0 atom stereocenters. The summed E-state index contributed by atoms with van der Waals surface area (Å²) in [7, 11) is 0. The largest absolute Gasteiger partial charge is 0.384 e. The van der Waals surface area contributed by atoms with Crippen LogP contribution in [0.2, 0.25) is 0 Å². The predicted molar refractivity (Wildman–Crippen MR) is 76.2 cm³/mol. The first-order valence-corrected chi connectivity index (χ1v) is 6.81. The standard InChI is InChI=1S/C14H13N3O2S/c1-10-13(20-9-17-10)8-16-14(19)12-4-5-15-7-11(12)3-2-6-18/h4-5,7,9,18H,6,8H2,1H3,(H,16,19). The summed E-state index contributed by atoms with van der Waals surface area (Å²) in [5.74, 6) is 5.01. The monoisotopic (exact) mass is 287 g/mol. The Morgan fingerprint density at radius 2 is 2.40 bits per heavy atom. The number of aliphatic hydroxyl groups is 1. The van der Waals surface area contributed by atoms with Crippen LogP contribution in [0.15, 0.2) is 24.0 Å². The van der Waals surface area contributed by atoms with E-state index in [0.717, 1.165) is 10.6 Å². The second kappa shape index (κ2) is 6.80. The molecule has 5 nitrogen and oxygen atoms in total. The van der Waals surface area contributed by atoms with Crippen LogP contribution >= 0.6 is 11.3 Å². The van der Waals surface area contributed by atoms with Crippen LogP contribution in [-0.2, 0) is 6.54 Å². The first-order chi connectivity index (χ1) is 9.72. The molecule has 1 amide bonds. The highest BCUT2D eigenvalue weighted by molar-refractivity contribution is 7.09. The molecule has 2 N–H and O–H groups in total. The summed E-state index contributed by atoms with van der Waals surface area (Å²) in [5.41, 5.74) is 3.62. The number of nitrogens with zero attached hydrogens (tertiary/aromatic N) is 2. The number of carbonyl (C=O) groups is 1. The molecule has 20 heavy (non-hydrogen) atoms. The third-order valence-corrected chi connectivity index (χ3v) is 3.56. The van der Waals surface area contributed by atoms with E-state index < -0.39 is 0 Å². The van der Waals surface area contributed by atoms with E-state index in [4.69, 9.17) is 5.11 Å². The normalized spacial score (nSPS) is 9.70. The lowest BCUT2D eigenvalue weighted by atomic mass is 10.1. The second-order valence-electron chi connectivity index (χ2n) is 3.92. The molecular formula is C14H13N3O2S. The van der Waals surface area contributed by atoms with E-state index >= 15 is 0 Å². The average molecular weight is 287 g/mol. The molecular weight excluding hydrogens is 274 g/mol. The van der Waals surface area contributed by atoms with Crippen molar-refractivity contribution in [2.75, 3.05) is 6.61 Å². The van der Waals surface area contributed by atoms with Crippen molar-refractivity contribution in [2.45, 2.75) is 13.5 Å². The molecule has 2 rings (SSSR count). The molecule has 0 unspecified atom stereocenters. The average Bonchev–Trinajstić information content (AvgIpc) is 2.88. The van der Waals surface area contributed by atoms with Crippen molar-refractivity contribution in [2.24, 2.45) is 0 Å². The third-order valence-electron chi connectivity index (χ3n) is 2.62. The van der Waals surface area contributed by atoms with Crippen LogP contribution in [0.3, 0.4) is 0 Å². The minimum Gasteiger partial charge on any atom is -0.384 e. The van der Waals surface area contributed by atoms with Gasteiger partial charge in [0.05, 0.1) is 28.9 Å². The van der Waals surface area contributed by atoms with Gasteiger partial charge in [-0.3, -0.25) is 9.78 Å². The summed E-state index contributed by atoms with van der Waals surface area (Å²) >= 11 is 1.51. The topological polar surface area (TPSA) is 75.1 Å². The van der Waals surface area contributed by atoms with Gasteiger partial charge in [-0.2, -0.15) is 0 Å². The number of hydrogen-bond acceptors (Lipinski definition) is 5. The molecule has 0 aliphatic heterocycles. The Balaban J connectivity index is 2.11. The fourth-order valence-corrected chi connectivity index (χ4v) is 2.30. The smallest absolute Gasteiger partial charge is 0.252 e. The Hall–Kier alpha value is -2.23. The molecule has 0 spiro atoms. The predicted octanol–water partition coefficient (Wildman–Crippen LogP) is 1.12. The van der Waals surface area contributed by atoms with Crippen LogP contribution in [0.4, 0.5) is 0 Å². The zero-order valence-electron chi connectivity index (χ0n) is 10.9. The highest BCUT2D eigenvalue weighted by atomic mass is 32.1. The molecule has 0 bridgehead atoms. The molecule has 0 aliphatic carbocycles. The highest BCUT2D eigenvalue weighted by Crippen LogP contribution is 2.12. The molecule has 6 heteroatoms. The van der Waals surface area contributed by atoms with Gasteiger partial charge in [0, 0.05) is 17.3 Å². The number of aromatic nitrogens is 2. The van der Waals surface area contributed by atoms with Crippen molar-refractivity contribution in [1.29, 1.82) is 0 Å². The molecule has 2 aromatic rings. The lowest BCUT2D eigenvalue weighted by Gasteiger charge is -2.05. The number of pyridine rings is 1. The van der Waals surface area contributed by atoms with Crippen molar-refractivity contribution in [3.05, 3.63) is 45.7 Å². The fourth-order valence-electron chi connectivity index (χ4n) is 1.58. The van der Waals surface area contributed by atoms with Crippen molar-refractivity contribution in [3.8, 4) is 11.8 Å². The summed E-state index contributed by atoms with van der Waals surface area (Å²) < 4.78 is 0. The first kappa shape index (κ1) is 14.2. The number of aliphatic hydroxyl groups excluding tert-OH is 1. The molecule has 2 heterocycles. The van der Waals surface area contributed by atoms with E-state index in [-0.39, 0.29) is 12.5 Å². The van der Waals surface area contributed by atoms with Crippen LogP contribution in [0.5, 0.6) is 0 Å². The maximum atomic E-state index is 12.2. The summed E-state index contributed by atoms with van der Waals surface area (Å²) in [6, 6.07) is 1.61. The molecule has 0 saturated carbocycles. The molecule has 0 aliphatic rings. The van der Waals surface area contributed by atoms with Crippen LogP contribution in [-0.4, -0.2) is 27.6 Å². The van der Waals surface area contributed by atoms with Gasteiger partial charge >= 0.3 is 0 Å². The second-order valence-corrected chi connectivity index (χ2v) is 4.86. The van der Waals surface area contributed by atoms with Gasteiger partial charge < -0.3 is 10.4 Å². The molecule has 102 valence electrons. The number of nitrogens with one attached hydrogen (secondary N) is 1. The maximum absolute atomic E-state index is 12.2. The summed E-state index contributed by atoms with van der Waals surface area (Å²) in [6.07, 6.45) is 3.05. The van der Waals surface area contributed by atoms with Gasteiger partial charge in [-0.05, 0) is 13.0 Å². The molecule has 0 fully saturated rings. The van der Waals surface area contributed by atoms with Crippen molar-refractivity contribution < 1.29 is 9.90 Å². The van der Waals surface area contributed by atoms with Crippen molar-refractivity contribution >= 4 is 17.2 Å². The van der Waals surface area contributed by atoms with E-state index in [2.05, 4.69) is 27.1 Å². The quantitative estimate of drug-likeness (QED) is 0.830. The number of hydrogen-bond donors (Lipinski definition) is 2. The Morgan fingerprint density at radius 3 is 3.10 bits per heavy atom. The summed E-state index contributed by atoms with van der Waals surface area (Å²) in [4.78, 5) is 21.2. The number of amides is 1. The van der Waals surface area contributed by atoms with Crippen molar-refractivity contribution in [3.63, 3.8) is 0 Å². The van der Waals surface area contributed by atoms with Gasteiger partial charge in [0.25, 0.3) is 5.91 Å². The number of aryl methyl sites for hydroxylation is 1. The fraction of sp³-hybridized carbons (Fsp3) is 0.214. The van der Waals surface area contributed by atoms with Gasteiger partial charge in [0.1, 0.15) is 6.61 Å². The Labute approximate surface area is 120 Å². The van der Waals surface area contributed by atoms with E-state index in [9.17, 15) is 4.79 Å². The van der Waals surface area contributed by atoms with Gasteiger partial charge in [0.15, 0.2) is 0 Å². The first-order valence-electron chi connectivity index (χ1n) is 5.93. The Morgan fingerprint density at radius 1 is 1.55 bits per heavy atom. The molecule has 0 aromatic carbocycles. The van der Waals surface area contributed by atoms with Gasteiger partial charge in [0.2, 0.25) is 0 Å². The van der Waals surface area contributed by atoms with E-state index in [1.807, 2.05) is 6.92 Å². The van der Waals surface area contributed by atoms with Crippen LogP contribution in [0.1, 0.15) is 26.5 Å². The maximum Gasteiger partial charge on any atom is 0.252 e. The minimum atomic E-state index is -0.254. The van der Waals surface area contributed by atoms with Crippen LogP contribution in [0, 0.1) is 18.8 Å². The van der Waals surface area contributed by atoms with Crippen LogP contribution in [0.25, 0.3) is 0 Å². The van der Waals surface area contributed by atoms with Gasteiger partial charge in [-0.1, -0.05) is 11.8 Å². The van der Waals surface area contributed by atoms with Gasteiger partial charge in [-0.25, -0.2) is 4.98 Å². The lowest BCUT2D eigenvalue weighted by Crippen LogP contribution is -2.23. The SMILES string of the molecule is Cc1ncsc1CNC(=O)c1ccncc1C#CCO. The molecule has 0 radical (unpaired) electrons. The van der Waals surface area contributed by atoms with E-state index in [1.165, 1.54) is 23.7 Å². The molecule has 2 aromatic heterocycles. The molecule has 0 saturated heterocycles. The van der Waals surface area contributed by atoms with Gasteiger partial charge in [-0.15, -0.1) is 11.3 Å². The highest BCUT2D eigenvalue weighted by Gasteiger charge is 2.11. The lowest BCUT2D eigenvalue weighted by molar-refractivity contribution is 0.0951. The zero-order chi connectivity index (χ0) is 14.4. The third kappa shape index (κ3) is 3.41.